The number of H-pyrrole nitrogens is 1. The molecule has 0 saturated carbocycles. The van der Waals surface area contributed by atoms with Gasteiger partial charge >= 0.3 is 0 Å². The van der Waals surface area contributed by atoms with Crippen molar-refractivity contribution in [2.45, 2.75) is 23.5 Å². The van der Waals surface area contributed by atoms with Gasteiger partial charge in [-0.25, -0.2) is 0 Å². The van der Waals surface area contributed by atoms with Crippen LogP contribution in [0.3, 0.4) is 0 Å². The van der Waals surface area contributed by atoms with Gasteiger partial charge in [0.15, 0.2) is 6.04 Å². The summed E-state index contributed by atoms with van der Waals surface area (Å²) in [5, 5.41) is 14.0. The Hall–Kier alpha value is -3.33. The molecule has 0 radical (unpaired) electrons. The van der Waals surface area contributed by atoms with E-state index < -0.39 is 12.1 Å². The molecule has 3 heterocycles. The van der Waals surface area contributed by atoms with Crippen LogP contribution in [-0.4, -0.2) is 53.2 Å². The molecule has 3 aromatic rings. The van der Waals surface area contributed by atoms with Gasteiger partial charge in [-0.15, -0.1) is 11.8 Å². The number of nitrogens with zero attached hydrogens (tertiary/aromatic N) is 4. The highest BCUT2D eigenvalue weighted by atomic mass is 32.2. The maximum Gasteiger partial charge on any atom is 0.250 e. The lowest BCUT2D eigenvalue weighted by molar-refractivity contribution is -0.127. The first-order valence-corrected chi connectivity index (χ1v) is 11.1. The van der Waals surface area contributed by atoms with Crippen LogP contribution in [0, 0.1) is 0 Å². The second kappa shape index (κ2) is 8.07. The van der Waals surface area contributed by atoms with Crippen molar-refractivity contribution in [3.8, 4) is 0 Å². The molecule has 8 nitrogen and oxygen atoms in total. The number of aromatic nitrogens is 1. The molecule has 0 spiro atoms. The van der Waals surface area contributed by atoms with Crippen LogP contribution in [-0.2, 0) is 16.1 Å². The number of benzene rings is 2. The highest BCUT2D eigenvalue weighted by molar-refractivity contribution is 7.99. The van der Waals surface area contributed by atoms with E-state index in [4.69, 9.17) is 0 Å². The molecule has 5 rings (SSSR count). The zero-order valence-corrected chi connectivity index (χ0v) is 17.8. The number of likely N-dealkylation sites (N-methyl/N-ethyl adjacent to an activating group) is 1. The highest BCUT2D eigenvalue weighted by Crippen LogP contribution is 2.36. The molecule has 2 aromatic carbocycles. The first-order chi connectivity index (χ1) is 15.1. The van der Waals surface area contributed by atoms with Crippen LogP contribution < -0.4 is 10.2 Å². The van der Waals surface area contributed by atoms with E-state index in [1.807, 2.05) is 48.7 Å². The minimum Gasteiger partial charge on any atom is -0.361 e. The number of hydrogen-bond donors (Lipinski definition) is 2. The maximum atomic E-state index is 13.1. The largest absolute Gasteiger partial charge is 0.361 e. The number of nitrogens with one attached hydrogen (secondary N) is 2. The fourth-order valence-corrected chi connectivity index (χ4v) is 4.97. The number of hydrogen-bond acceptors (Lipinski definition) is 6. The van der Waals surface area contributed by atoms with Crippen LogP contribution in [0.5, 0.6) is 0 Å². The second-order valence-corrected chi connectivity index (χ2v) is 8.77. The SMILES string of the molecule is CN1C(=O)[C@@H](NC(=O)C2CN(Cc3ccccc3)N=N2)CSc2cc3[nH]ccc3cc21. The lowest BCUT2D eigenvalue weighted by Crippen LogP contribution is -2.51. The van der Waals surface area contributed by atoms with E-state index in [0.717, 1.165) is 27.0 Å². The van der Waals surface area contributed by atoms with Crippen LogP contribution >= 0.6 is 11.8 Å². The molecule has 0 saturated heterocycles. The van der Waals surface area contributed by atoms with Gasteiger partial charge in [-0.05, 0) is 23.8 Å². The van der Waals surface area contributed by atoms with E-state index >= 15 is 0 Å². The van der Waals surface area contributed by atoms with Gasteiger partial charge in [0, 0.05) is 34.8 Å². The third kappa shape index (κ3) is 3.88. The Labute approximate surface area is 183 Å². The van der Waals surface area contributed by atoms with E-state index in [1.54, 1.807) is 28.7 Å². The summed E-state index contributed by atoms with van der Waals surface area (Å²) in [6.07, 6.45) is 1.89. The number of carbonyl (C=O) groups excluding carboxylic acids is 2. The summed E-state index contributed by atoms with van der Waals surface area (Å²) in [5.41, 5.74) is 2.99. The van der Waals surface area contributed by atoms with Gasteiger partial charge in [-0.2, -0.15) is 5.11 Å². The fraction of sp³-hybridized carbons (Fsp3) is 0.273. The van der Waals surface area contributed by atoms with Gasteiger partial charge in [-0.1, -0.05) is 35.6 Å². The van der Waals surface area contributed by atoms with Crippen LogP contribution in [0.25, 0.3) is 10.9 Å². The van der Waals surface area contributed by atoms with Crippen molar-refractivity contribution in [1.82, 2.24) is 15.3 Å². The Balaban J connectivity index is 1.24. The number of aromatic amines is 1. The average Bonchev–Trinajstić information content (AvgIpc) is 3.42. The predicted octanol–water partition coefficient (Wildman–Crippen LogP) is 2.97. The molecule has 9 heteroatoms. The molecule has 1 unspecified atom stereocenters. The smallest absolute Gasteiger partial charge is 0.250 e. The molecular formula is C22H22N6O2S. The molecule has 2 atom stereocenters. The Bertz CT molecular complexity index is 1160. The van der Waals surface area contributed by atoms with Gasteiger partial charge in [0.2, 0.25) is 11.8 Å². The molecule has 158 valence electrons. The summed E-state index contributed by atoms with van der Waals surface area (Å²) >= 11 is 1.57. The van der Waals surface area contributed by atoms with Crippen LogP contribution in [0.2, 0.25) is 0 Å². The molecule has 2 N–H and O–H groups in total. The van der Waals surface area contributed by atoms with E-state index in [-0.39, 0.29) is 11.8 Å². The van der Waals surface area contributed by atoms with Gasteiger partial charge in [0.05, 0.1) is 18.8 Å². The third-order valence-corrected chi connectivity index (χ3v) is 6.69. The van der Waals surface area contributed by atoms with Crippen LogP contribution in [0.4, 0.5) is 5.69 Å². The predicted molar refractivity (Wildman–Crippen MR) is 120 cm³/mol. The summed E-state index contributed by atoms with van der Waals surface area (Å²) in [5.74, 6) is 0.0569. The molecule has 1 aromatic heterocycles. The van der Waals surface area contributed by atoms with Gasteiger partial charge < -0.3 is 15.2 Å². The summed E-state index contributed by atoms with van der Waals surface area (Å²) in [4.78, 5) is 31.7. The molecule has 0 bridgehead atoms. The number of carbonyl (C=O) groups is 2. The normalized spacial score (nSPS) is 20.7. The number of thioether (sulfide) groups is 1. The maximum absolute atomic E-state index is 13.1. The molecule has 0 fully saturated rings. The topological polar surface area (TPSA) is 93.2 Å². The first kappa shape index (κ1) is 19.6. The molecule has 0 aliphatic carbocycles. The average molecular weight is 435 g/mol. The monoisotopic (exact) mass is 434 g/mol. The van der Waals surface area contributed by atoms with Crippen LogP contribution in [0.15, 0.2) is 70.0 Å². The second-order valence-electron chi connectivity index (χ2n) is 7.71. The van der Waals surface area contributed by atoms with Crippen molar-refractivity contribution < 1.29 is 9.59 Å². The van der Waals surface area contributed by atoms with E-state index in [2.05, 4.69) is 26.7 Å². The number of fused-ring (bicyclic) bond motifs is 2. The summed E-state index contributed by atoms with van der Waals surface area (Å²) in [6, 6.07) is 14.7. The molecule has 2 aliphatic heterocycles. The quantitative estimate of drug-likeness (QED) is 0.660. The van der Waals surface area contributed by atoms with Crippen molar-refractivity contribution in [3.63, 3.8) is 0 Å². The molecule has 2 amide bonds. The van der Waals surface area contributed by atoms with Crippen molar-refractivity contribution in [2.75, 3.05) is 24.2 Å². The van der Waals surface area contributed by atoms with Gasteiger partial charge in [0.1, 0.15) is 6.04 Å². The zero-order chi connectivity index (χ0) is 21.4. The Morgan fingerprint density at radius 3 is 2.94 bits per heavy atom. The van der Waals surface area contributed by atoms with Crippen LogP contribution in [0.1, 0.15) is 5.56 Å². The van der Waals surface area contributed by atoms with Gasteiger partial charge in [0.25, 0.3) is 0 Å². The Morgan fingerprint density at radius 2 is 2.10 bits per heavy atom. The van der Waals surface area contributed by atoms with Crippen molar-refractivity contribution in [2.24, 2.45) is 10.3 Å². The molecule has 31 heavy (non-hydrogen) atoms. The van der Waals surface area contributed by atoms with E-state index in [1.165, 1.54) is 0 Å². The number of rotatable bonds is 4. The Morgan fingerprint density at radius 1 is 1.26 bits per heavy atom. The number of anilines is 1. The minimum absolute atomic E-state index is 0.134. The highest BCUT2D eigenvalue weighted by Gasteiger charge is 2.34. The fourth-order valence-electron chi connectivity index (χ4n) is 3.85. The first-order valence-electron chi connectivity index (χ1n) is 10.1. The minimum atomic E-state index is -0.619. The molecule has 2 aliphatic rings. The van der Waals surface area contributed by atoms with E-state index in [0.29, 0.717) is 18.8 Å². The van der Waals surface area contributed by atoms with Gasteiger partial charge in [-0.3, -0.25) is 14.6 Å². The lowest BCUT2D eigenvalue weighted by Gasteiger charge is -2.22. The van der Waals surface area contributed by atoms with Crippen molar-refractivity contribution in [1.29, 1.82) is 0 Å². The lowest BCUT2D eigenvalue weighted by atomic mass is 10.2. The van der Waals surface area contributed by atoms with E-state index in [9.17, 15) is 9.59 Å². The Kier molecular flexibility index (Phi) is 5.11. The van der Waals surface area contributed by atoms with Crippen molar-refractivity contribution >= 4 is 40.2 Å². The summed E-state index contributed by atoms with van der Waals surface area (Å²) in [7, 11) is 1.75. The number of amides is 2. The standard InChI is InChI=1S/C22H22N6O2S/c1-27-19-9-15-7-8-23-16(15)10-20(19)31-13-18(22(27)30)24-21(29)17-12-28(26-25-17)11-14-5-3-2-4-6-14/h2-10,17-18,23H,11-13H2,1H3,(H,24,29)/t17?,18-/m0/s1. The summed E-state index contributed by atoms with van der Waals surface area (Å²) < 4.78 is 0. The third-order valence-electron chi connectivity index (χ3n) is 5.56. The molecular weight excluding hydrogens is 412 g/mol. The van der Waals surface area contributed by atoms with Crippen molar-refractivity contribution in [3.05, 3.63) is 60.3 Å². The summed E-state index contributed by atoms with van der Waals surface area (Å²) in [6.45, 7) is 0.993. The zero-order valence-electron chi connectivity index (χ0n) is 17.0.